The third-order valence-corrected chi connectivity index (χ3v) is 13.1. The Morgan fingerprint density at radius 3 is 1.93 bits per heavy atom. The lowest BCUT2D eigenvalue weighted by atomic mass is 9.66. The molecule has 2 unspecified atom stereocenters. The largest absolute Gasteiger partial charge is 0.232 e. The first-order chi connectivity index (χ1) is 28.7. The standard InChI is InChI=1S/C54H35N3S/c55-34-35-19-21-36(22-20-35)41-27-29-44-43-15-7-8-16-45(43)54(47(44)31-41)46-17-9-10-18-51(46)58-52-30-28-42(32-48(52)54)37-23-25-40(26-24-37)53-56-49(38-11-3-1-4-12-38)33-50(57-53)39-13-5-2-6-14-39/h1-13,15-33,39H,14H2. The molecule has 8 aromatic rings. The molecule has 58 heavy (non-hydrogen) atoms. The van der Waals surface area contributed by atoms with Gasteiger partial charge in [0.2, 0.25) is 0 Å². The average molecular weight is 758 g/mol. The van der Waals surface area contributed by atoms with Crippen molar-refractivity contribution in [2.45, 2.75) is 27.5 Å². The second-order valence-corrected chi connectivity index (χ2v) is 16.2. The van der Waals surface area contributed by atoms with Crippen LogP contribution in [0.4, 0.5) is 0 Å². The van der Waals surface area contributed by atoms with E-state index >= 15 is 0 Å². The monoisotopic (exact) mass is 757 g/mol. The van der Waals surface area contributed by atoms with Crippen LogP contribution in [0.3, 0.4) is 0 Å². The van der Waals surface area contributed by atoms with Gasteiger partial charge in [-0.2, -0.15) is 5.26 Å². The number of hydrogen-bond donors (Lipinski definition) is 0. The molecule has 0 N–H and O–H groups in total. The summed E-state index contributed by atoms with van der Waals surface area (Å²) in [5, 5.41) is 9.49. The van der Waals surface area contributed by atoms with E-state index in [0.717, 1.165) is 57.0 Å². The van der Waals surface area contributed by atoms with Gasteiger partial charge in [-0.3, -0.25) is 0 Å². The minimum absolute atomic E-state index is 0.213. The maximum Gasteiger partial charge on any atom is 0.160 e. The summed E-state index contributed by atoms with van der Waals surface area (Å²) in [6.45, 7) is 0. The van der Waals surface area contributed by atoms with Crippen molar-refractivity contribution in [3.05, 3.63) is 228 Å². The number of nitriles is 1. The Bertz CT molecular complexity index is 3010. The Balaban J connectivity index is 1.05. The highest BCUT2D eigenvalue weighted by Gasteiger charge is 2.50. The second kappa shape index (κ2) is 13.8. The number of nitrogens with zero attached hydrogens (tertiary/aromatic N) is 3. The Labute approximate surface area is 342 Å². The van der Waals surface area contributed by atoms with Gasteiger partial charge >= 0.3 is 0 Å². The van der Waals surface area contributed by atoms with Crippen molar-refractivity contribution in [3.8, 4) is 62.1 Å². The highest BCUT2D eigenvalue weighted by atomic mass is 32.2. The summed E-state index contributed by atoms with van der Waals surface area (Å²) in [7, 11) is 0. The smallest absolute Gasteiger partial charge is 0.160 e. The van der Waals surface area contributed by atoms with E-state index in [1.807, 2.05) is 30.0 Å². The molecule has 2 aliphatic carbocycles. The lowest BCUT2D eigenvalue weighted by molar-refractivity contribution is 0.723. The lowest BCUT2D eigenvalue weighted by Gasteiger charge is -2.40. The summed E-state index contributed by atoms with van der Waals surface area (Å²) < 4.78 is 0. The van der Waals surface area contributed by atoms with Crippen LogP contribution in [0, 0.1) is 11.3 Å². The maximum atomic E-state index is 9.49. The molecular formula is C54H35N3S. The van der Waals surface area contributed by atoms with Crippen LogP contribution in [0.2, 0.25) is 0 Å². The van der Waals surface area contributed by atoms with Gasteiger partial charge in [-0.25, -0.2) is 9.97 Å². The molecule has 11 rings (SSSR count). The van der Waals surface area contributed by atoms with E-state index in [1.54, 1.807) is 0 Å². The van der Waals surface area contributed by atoms with Crippen LogP contribution in [-0.4, -0.2) is 9.97 Å². The normalized spacial score (nSPS) is 16.9. The predicted octanol–water partition coefficient (Wildman–Crippen LogP) is 13.4. The van der Waals surface area contributed by atoms with Crippen LogP contribution in [-0.2, 0) is 5.41 Å². The van der Waals surface area contributed by atoms with Crippen molar-refractivity contribution in [2.75, 3.05) is 0 Å². The van der Waals surface area contributed by atoms with Crippen molar-refractivity contribution < 1.29 is 0 Å². The van der Waals surface area contributed by atoms with Gasteiger partial charge in [0, 0.05) is 26.8 Å². The molecule has 1 aromatic heterocycles. The molecular weight excluding hydrogens is 723 g/mol. The highest BCUT2D eigenvalue weighted by molar-refractivity contribution is 7.99. The molecule has 0 fully saturated rings. The maximum absolute atomic E-state index is 9.49. The molecule has 0 saturated carbocycles. The number of allylic oxidation sites excluding steroid dienone is 4. The van der Waals surface area contributed by atoms with Crippen molar-refractivity contribution >= 4 is 11.8 Å². The molecule has 3 aliphatic rings. The van der Waals surface area contributed by atoms with Crippen LogP contribution in [0.15, 0.2) is 204 Å². The van der Waals surface area contributed by atoms with E-state index < -0.39 is 5.41 Å². The summed E-state index contributed by atoms with van der Waals surface area (Å²) in [5.41, 5.74) is 16.4. The third kappa shape index (κ3) is 5.50. The van der Waals surface area contributed by atoms with Crippen molar-refractivity contribution in [1.29, 1.82) is 5.26 Å². The fourth-order valence-corrected chi connectivity index (χ4v) is 10.3. The highest BCUT2D eigenvalue weighted by Crippen LogP contribution is 2.62. The first-order valence-corrected chi connectivity index (χ1v) is 20.5. The fourth-order valence-electron chi connectivity index (χ4n) is 9.15. The van der Waals surface area contributed by atoms with Crippen LogP contribution >= 0.6 is 11.8 Å². The number of benzene rings is 7. The van der Waals surface area contributed by atoms with Crippen molar-refractivity contribution in [1.82, 2.24) is 9.97 Å². The Morgan fingerprint density at radius 2 is 1.16 bits per heavy atom. The van der Waals surface area contributed by atoms with E-state index in [1.165, 1.54) is 43.2 Å². The summed E-state index contributed by atoms with van der Waals surface area (Å²) in [4.78, 5) is 12.8. The predicted molar refractivity (Wildman–Crippen MR) is 236 cm³/mol. The van der Waals surface area contributed by atoms with Gasteiger partial charge in [-0.1, -0.05) is 163 Å². The summed E-state index contributed by atoms with van der Waals surface area (Å²) >= 11 is 1.86. The molecule has 0 amide bonds. The van der Waals surface area contributed by atoms with Gasteiger partial charge in [0.1, 0.15) is 0 Å². The number of hydrogen-bond acceptors (Lipinski definition) is 4. The van der Waals surface area contributed by atoms with Gasteiger partial charge in [-0.05, 0) is 105 Å². The van der Waals surface area contributed by atoms with Crippen LogP contribution in [0.25, 0.3) is 56.0 Å². The number of fused-ring (bicyclic) bond motifs is 9. The van der Waals surface area contributed by atoms with Gasteiger partial charge in [0.05, 0.1) is 28.4 Å². The molecule has 1 spiro atoms. The third-order valence-electron chi connectivity index (χ3n) is 11.9. The molecule has 3 nitrogen and oxygen atoms in total. The van der Waals surface area contributed by atoms with E-state index in [4.69, 9.17) is 9.97 Å². The summed E-state index contributed by atoms with van der Waals surface area (Å²) in [5.74, 6) is 0.950. The minimum Gasteiger partial charge on any atom is -0.232 e. The summed E-state index contributed by atoms with van der Waals surface area (Å²) in [6, 6.07) is 63.3. The van der Waals surface area contributed by atoms with Crippen LogP contribution in [0.5, 0.6) is 0 Å². The van der Waals surface area contributed by atoms with Gasteiger partial charge in [0.15, 0.2) is 5.82 Å². The summed E-state index contributed by atoms with van der Waals surface area (Å²) in [6.07, 6.45) is 9.59. The number of aromatic nitrogens is 2. The molecule has 7 aromatic carbocycles. The van der Waals surface area contributed by atoms with Gasteiger partial charge < -0.3 is 0 Å². The van der Waals surface area contributed by atoms with Crippen molar-refractivity contribution in [3.63, 3.8) is 0 Å². The zero-order valence-electron chi connectivity index (χ0n) is 31.5. The van der Waals surface area contributed by atoms with Gasteiger partial charge in [0.25, 0.3) is 0 Å². The van der Waals surface area contributed by atoms with E-state index in [-0.39, 0.29) is 5.92 Å². The topological polar surface area (TPSA) is 49.6 Å². The fraction of sp³-hybridized carbons (Fsp3) is 0.0556. The van der Waals surface area contributed by atoms with Crippen LogP contribution < -0.4 is 0 Å². The zero-order chi connectivity index (χ0) is 38.6. The molecule has 272 valence electrons. The lowest BCUT2D eigenvalue weighted by Crippen LogP contribution is -2.32. The van der Waals surface area contributed by atoms with Crippen molar-refractivity contribution in [2.24, 2.45) is 0 Å². The molecule has 2 heterocycles. The Hall–Kier alpha value is -7.06. The van der Waals surface area contributed by atoms with E-state index in [2.05, 4.69) is 182 Å². The molecule has 1 aliphatic heterocycles. The Kier molecular flexibility index (Phi) is 8.17. The minimum atomic E-state index is -0.521. The molecule has 0 radical (unpaired) electrons. The second-order valence-electron chi connectivity index (χ2n) is 15.2. The molecule has 4 heteroatoms. The van der Waals surface area contributed by atoms with Crippen LogP contribution in [0.1, 0.15) is 45.8 Å². The molecule has 0 saturated heterocycles. The average Bonchev–Trinajstić information content (AvgIpc) is 3.59. The van der Waals surface area contributed by atoms with E-state index in [9.17, 15) is 5.26 Å². The first kappa shape index (κ1) is 34.2. The number of rotatable bonds is 5. The SMILES string of the molecule is N#Cc1ccc(-c2ccc3c(c2)C2(c4ccccc4Sc4ccc(-c5ccc(-c6nc(-c7ccccc7)cc(C7C=CC=CC7)n6)cc5)cc42)c2ccccc2-3)cc1. The molecule has 2 atom stereocenters. The zero-order valence-corrected chi connectivity index (χ0v) is 32.3. The first-order valence-electron chi connectivity index (χ1n) is 19.7. The van der Waals surface area contributed by atoms with Gasteiger partial charge in [-0.15, -0.1) is 0 Å². The Morgan fingerprint density at radius 1 is 0.517 bits per heavy atom. The quantitative estimate of drug-likeness (QED) is 0.175. The molecule has 0 bridgehead atoms. The van der Waals surface area contributed by atoms with E-state index in [0.29, 0.717) is 5.56 Å².